The number of hydrogen-bond acceptors (Lipinski definition) is 4. The van der Waals surface area contributed by atoms with Gasteiger partial charge in [0.05, 0.1) is 48.7 Å². The number of hydrogen-bond donors (Lipinski definition) is 2. The van der Waals surface area contributed by atoms with Crippen LogP contribution in [0.3, 0.4) is 0 Å². The van der Waals surface area contributed by atoms with Gasteiger partial charge in [-0.25, -0.2) is 13.4 Å². The van der Waals surface area contributed by atoms with E-state index in [-0.39, 0.29) is 21.4 Å². The van der Waals surface area contributed by atoms with Gasteiger partial charge in [0.1, 0.15) is 0 Å². The summed E-state index contributed by atoms with van der Waals surface area (Å²) in [6, 6.07) is 4.35. The van der Waals surface area contributed by atoms with Gasteiger partial charge in [-0.05, 0) is 31.0 Å². The van der Waals surface area contributed by atoms with Crippen LogP contribution in [-0.2, 0) is 10.0 Å². The third kappa shape index (κ3) is 4.37. The van der Waals surface area contributed by atoms with Crippen molar-refractivity contribution in [1.82, 2.24) is 14.7 Å². The smallest absolute Gasteiger partial charge is 0.267 e. The van der Waals surface area contributed by atoms with Gasteiger partial charge in [-0.1, -0.05) is 18.0 Å². The van der Waals surface area contributed by atoms with Crippen LogP contribution in [0.4, 0.5) is 0 Å². The number of piperazine rings is 1. The standard InChI is InChI=1S/C17H25ClN4O3S/c1-20-9-11-21(12-10-20)19-17(23)15-13-14(5-6-16(15)18)26(24,25)22-7-3-2-4-8-22/h5-6,13H,2-4,7-12H2,1H3,(H,19,23)/p+1. The fourth-order valence-corrected chi connectivity index (χ4v) is 5.04. The molecular formula is C17H26ClN4O3S+. The lowest BCUT2D eigenvalue weighted by molar-refractivity contribution is -0.884. The number of halogens is 1. The fourth-order valence-electron chi connectivity index (χ4n) is 3.30. The second kappa shape index (κ2) is 8.22. The summed E-state index contributed by atoms with van der Waals surface area (Å²) in [7, 11) is -1.48. The zero-order chi connectivity index (χ0) is 18.7. The molecule has 0 saturated carbocycles. The second-order valence-corrected chi connectivity index (χ2v) is 9.34. The van der Waals surface area contributed by atoms with Crippen molar-refractivity contribution in [2.75, 3.05) is 46.3 Å². The molecule has 2 fully saturated rings. The molecule has 0 unspecified atom stereocenters. The average Bonchev–Trinajstić information content (AvgIpc) is 2.64. The molecule has 0 radical (unpaired) electrons. The quantitative estimate of drug-likeness (QED) is 0.744. The first-order valence-electron chi connectivity index (χ1n) is 9.05. The number of likely N-dealkylation sites (N-methyl/N-ethyl adjacent to an activating group) is 1. The summed E-state index contributed by atoms with van der Waals surface area (Å²) >= 11 is 6.18. The maximum Gasteiger partial charge on any atom is 0.267 e. The van der Waals surface area contributed by atoms with Crippen LogP contribution >= 0.6 is 11.6 Å². The summed E-state index contributed by atoms with van der Waals surface area (Å²) < 4.78 is 27.2. The highest BCUT2D eigenvalue weighted by atomic mass is 35.5. The Morgan fingerprint density at radius 1 is 1.12 bits per heavy atom. The summed E-state index contributed by atoms with van der Waals surface area (Å²) in [6.45, 7) is 4.43. The normalized spacial score (nSPS) is 20.8. The van der Waals surface area contributed by atoms with E-state index in [1.165, 1.54) is 27.4 Å². The van der Waals surface area contributed by atoms with Gasteiger partial charge in [-0.3, -0.25) is 10.2 Å². The summed E-state index contributed by atoms with van der Waals surface area (Å²) in [5.41, 5.74) is 3.03. The van der Waals surface area contributed by atoms with Crippen LogP contribution in [0.1, 0.15) is 29.6 Å². The Morgan fingerprint density at radius 2 is 1.77 bits per heavy atom. The van der Waals surface area contributed by atoms with Gasteiger partial charge in [0.15, 0.2) is 0 Å². The first kappa shape index (κ1) is 19.6. The Kier molecular flexibility index (Phi) is 6.19. The SMILES string of the molecule is C[NH+]1CCN(NC(=O)c2cc(S(=O)(=O)N3CCCCC3)ccc2Cl)CC1. The van der Waals surface area contributed by atoms with Gasteiger partial charge in [-0.2, -0.15) is 4.31 Å². The fraction of sp³-hybridized carbons (Fsp3) is 0.588. The van der Waals surface area contributed by atoms with E-state index in [1.54, 1.807) is 0 Å². The Bertz CT molecular complexity index is 757. The summed E-state index contributed by atoms with van der Waals surface area (Å²) in [5, 5.41) is 2.11. The molecule has 9 heteroatoms. The molecule has 7 nitrogen and oxygen atoms in total. The lowest BCUT2D eigenvalue weighted by Crippen LogP contribution is -3.12. The van der Waals surface area contributed by atoms with Crippen LogP contribution in [0, 0.1) is 0 Å². The number of rotatable bonds is 4. The van der Waals surface area contributed by atoms with E-state index in [2.05, 4.69) is 12.5 Å². The predicted octanol–water partition coefficient (Wildman–Crippen LogP) is -0.0103. The van der Waals surface area contributed by atoms with Gasteiger partial charge in [0.25, 0.3) is 5.91 Å². The maximum absolute atomic E-state index is 12.8. The molecule has 2 aliphatic rings. The first-order chi connectivity index (χ1) is 12.4. The van der Waals surface area contributed by atoms with Crippen LogP contribution in [0.15, 0.2) is 23.1 Å². The highest BCUT2D eigenvalue weighted by molar-refractivity contribution is 7.89. The number of nitrogens with zero attached hydrogens (tertiary/aromatic N) is 2. The minimum atomic E-state index is -3.60. The lowest BCUT2D eigenvalue weighted by Gasteiger charge is -2.30. The molecule has 0 spiro atoms. The predicted molar refractivity (Wildman–Crippen MR) is 99.7 cm³/mol. The van der Waals surface area contributed by atoms with E-state index in [1.807, 2.05) is 5.01 Å². The number of amides is 1. The molecule has 0 bridgehead atoms. The Labute approximate surface area is 159 Å². The van der Waals surface area contributed by atoms with Crippen molar-refractivity contribution >= 4 is 27.5 Å². The molecule has 2 heterocycles. The number of carbonyl (C=O) groups excluding carboxylic acids is 1. The van der Waals surface area contributed by atoms with Crippen molar-refractivity contribution in [3.8, 4) is 0 Å². The number of quaternary nitrogens is 1. The summed E-state index contributed by atoms with van der Waals surface area (Å²) in [4.78, 5) is 14.2. The Balaban J connectivity index is 1.77. The van der Waals surface area contributed by atoms with Gasteiger partial charge in [-0.15, -0.1) is 0 Å². The van der Waals surface area contributed by atoms with E-state index in [0.717, 1.165) is 45.4 Å². The number of carbonyl (C=O) groups is 1. The van der Waals surface area contributed by atoms with Crippen LogP contribution in [0.25, 0.3) is 0 Å². The van der Waals surface area contributed by atoms with Crippen molar-refractivity contribution in [3.63, 3.8) is 0 Å². The maximum atomic E-state index is 12.8. The van der Waals surface area contributed by atoms with E-state index >= 15 is 0 Å². The summed E-state index contributed by atoms with van der Waals surface area (Å²) in [5.74, 6) is -0.370. The minimum Gasteiger partial charge on any atom is -0.335 e. The van der Waals surface area contributed by atoms with Crippen LogP contribution in [0.2, 0.25) is 5.02 Å². The van der Waals surface area contributed by atoms with Crippen molar-refractivity contribution in [3.05, 3.63) is 28.8 Å². The topological polar surface area (TPSA) is 74.2 Å². The molecule has 26 heavy (non-hydrogen) atoms. The number of benzene rings is 1. The molecule has 0 aliphatic carbocycles. The zero-order valence-corrected chi connectivity index (χ0v) is 16.6. The lowest BCUT2D eigenvalue weighted by atomic mass is 10.2. The highest BCUT2D eigenvalue weighted by Gasteiger charge is 2.28. The molecule has 1 aromatic carbocycles. The van der Waals surface area contributed by atoms with Crippen LogP contribution < -0.4 is 10.3 Å². The Hall–Kier alpha value is -1.19. The van der Waals surface area contributed by atoms with Crippen molar-refractivity contribution < 1.29 is 18.1 Å². The van der Waals surface area contributed by atoms with E-state index < -0.39 is 10.0 Å². The van der Waals surface area contributed by atoms with E-state index in [9.17, 15) is 13.2 Å². The molecule has 3 rings (SSSR count). The number of nitrogens with one attached hydrogen (secondary N) is 2. The van der Waals surface area contributed by atoms with E-state index in [0.29, 0.717) is 13.1 Å². The number of piperidine rings is 1. The van der Waals surface area contributed by atoms with Gasteiger partial charge in [0, 0.05) is 13.1 Å². The third-order valence-electron chi connectivity index (χ3n) is 5.01. The molecule has 0 aromatic heterocycles. The van der Waals surface area contributed by atoms with Crippen molar-refractivity contribution in [2.45, 2.75) is 24.2 Å². The molecule has 2 aliphatic heterocycles. The molecule has 144 valence electrons. The largest absolute Gasteiger partial charge is 0.335 e. The van der Waals surface area contributed by atoms with Gasteiger partial charge >= 0.3 is 0 Å². The minimum absolute atomic E-state index is 0.122. The number of sulfonamides is 1. The molecule has 1 amide bonds. The molecule has 2 N–H and O–H groups in total. The Morgan fingerprint density at radius 3 is 2.42 bits per heavy atom. The molecule has 2 saturated heterocycles. The molecular weight excluding hydrogens is 376 g/mol. The summed E-state index contributed by atoms with van der Waals surface area (Å²) in [6.07, 6.45) is 2.78. The number of hydrazine groups is 1. The second-order valence-electron chi connectivity index (χ2n) is 6.99. The highest BCUT2D eigenvalue weighted by Crippen LogP contribution is 2.25. The third-order valence-corrected chi connectivity index (χ3v) is 7.24. The molecule has 1 aromatic rings. The van der Waals surface area contributed by atoms with Crippen LogP contribution in [-0.4, -0.2) is 70.0 Å². The van der Waals surface area contributed by atoms with Crippen molar-refractivity contribution in [1.29, 1.82) is 0 Å². The van der Waals surface area contributed by atoms with Gasteiger partial charge in [0.2, 0.25) is 10.0 Å². The first-order valence-corrected chi connectivity index (χ1v) is 10.9. The average molecular weight is 402 g/mol. The van der Waals surface area contributed by atoms with Crippen molar-refractivity contribution in [2.24, 2.45) is 0 Å². The van der Waals surface area contributed by atoms with E-state index in [4.69, 9.17) is 11.6 Å². The molecule has 0 atom stereocenters. The monoisotopic (exact) mass is 401 g/mol. The van der Waals surface area contributed by atoms with Gasteiger partial charge < -0.3 is 4.90 Å². The van der Waals surface area contributed by atoms with Crippen LogP contribution in [0.5, 0.6) is 0 Å². The zero-order valence-electron chi connectivity index (χ0n) is 15.0.